The largest absolute Gasteiger partial charge is 0.456 e. The highest BCUT2D eigenvalue weighted by molar-refractivity contribution is 7.26. The van der Waals surface area contributed by atoms with Crippen molar-refractivity contribution in [3.63, 3.8) is 0 Å². The van der Waals surface area contributed by atoms with E-state index >= 15 is 0 Å². The third kappa shape index (κ3) is 4.14. The number of hydrogen-bond donors (Lipinski definition) is 0. The van der Waals surface area contributed by atoms with Gasteiger partial charge in [0.25, 0.3) is 0 Å². The lowest BCUT2D eigenvalue weighted by atomic mass is 9.83. The van der Waals surface area contributed by atoms with Gasteiger partial charge in [-0.25, -0.2) is 0 Å². The Bertz CT molecular complexity index is 3440. The Morgan fingerprint density at radius 2 is 0.870 bits per heavy atom. The van der Waals surface area contributed by atoms with E-state index in [-0.39, 0.29) is 0 Å². The smallest absolute Gasteiger partial charge is 0.136 e. The summed E-state index contributed by atoms with van der Waals surface area (Å²) in [5, 5.41) is 15.0. The van der Waals surface area contributed by atoms with Crippen LogP contribution in [0, 0.1) is 0 Å². The molecule has 0 saturated carbocycles. The fourth-order valence-corrected chi connectivity index (χ4v) is 10.5. The van der Waals surface area contributed by atoms with Gasteiger partial charge < -0.3 is 4.42 Å². The SMILES string of the molecule is c1ccc(-c2c3ccccc3c(-c3ccc(-c4c5ccccc5cc5c4sc4ccc6oc7ccccc7c6c45)c4ccccc34)c3ccccc23)cc1. The molecule has 0 aliphatic carbocycles. The van der Waals surface area contributed by atoms with Gasteiger partial charge in [0, 0.05) is 36.5 Å². The van der Waals surface area contributed by atoms with Gasteiger partial charge in [0.15, 0.2) is 0 Å². The Morgan fingerprint density at radius 1 is 0.333 bits per heavy atom. The topological polar surface area (TPSA) is 13.1 Å². The van der Waals surface area contributed by atoms with E-state index < -0.39 is 0 Å². The van der Waals surface area contributed by atoms with E-state index in [1.165, 1.54) is 107 Å². The van der Waals surface area contributed by atoms with E-state index in [1.54, 1.807) is 0 Å². The summed E-state index contributed by atoms with van der Waals surface area (Å²) in [5.74, 6) is 0. The summed E-state index contributed by atoms with van der Waals surface area (Å²) < 4.78 is 8.98. The van der Waals surface area contributed by atoms with E-state index in [4.69, 9.17) is 4.42 Å². The Kier molecular flexibility index (Phi) is 6.28. The molecule has 12 aromatic rings. The maximum Gasteiger partial charge on any atom is 0.136 e. The standard InChI is InChI=1S/C52H30OS/c1-2-14-31(15-3-1)47-36-20-8-10-22-38(36)48(39-23-11-9-21-37(39)47)40-26-27-41(35-19-7-6-18-34(35)40)49-33-17-5-4-16-32(33)30-43-51-46(54-52(43)49)29-28-45-50(51)42-24-12-13-25-44(42)53-45/h1-30H. The molecule has 0 fully saturated rings. The lowest BCUT2D eigenvalue weighted by Crippen LogP contribution is -1.92. The fraction of sp³-hybridized carbons (Fsp3) is 0. The minimum atomic E-state index is 0.929. The van der Waals surface area contributed by atoms with E-state index in [2.05, 4.69) is 182 Å². The molecule has 0 N–H and O–H groups in total. The van der Waals surface area contributed by atoms with Gasteiger partial charge in [-0.15, -0.1) is 11.3 Å². The van der Waals surface area contributed by atoms with E-state index in [0.29, 0.717) is 0 Å². The van der Waals surface area contributed by atoms with Gasteiger partial charge in [-0.3, -0.25) is 0 Å². The van der Waals surface area contributed by atoms with Crippen molar-refractivity contribution in [3.05, 3.63) is 182 Å². The van der Waals surface area contributed by atoms with Gasteiger partial charge in [-0.2, -0.15) is 0 Å². The second kappa shape index (κ2) is 11.4. The monoisotopic (exact) mass is 702 g/mol. The zero-order valence-electron chi connectivity index (χ0n) is 29.1. The molecule has 1 nitrogen and oxygen atoms in total. The van der Waals surface area contributed by atoms with E-state index in [9.17, 15) is 0 Å². The molecule has 0 bridgehead atoms. The number of fused-ring (bicyclic) bond motifs is 11. The maximum absolute atomic E-state index is 6.39. The first-order chi connectivity index (χ1) is 26.8. The maximum atomic E-state index is 6.39. The van der Waals surface area contributed by atoms with Crippen molar-refractivity contribution in [2.24, 2.45) is 0 Å². The predicted octanol–water partition coefficient (Wildman–Crippen LogP) is 15.6. The third-order valence-corrected chi connectivity index (χ3v) is 12.6. The van der Waals surface area contributed by atoms with Crippen molar-refractivity contribution in [2.45, 2.75) is 0 Å². The summed E-state index contributed by atoms with van der Waals surface area (Å²) in [6.45, 7) is 0. The molecule has 0 radical (unpaired) electrons. The molecule has 2 heteroatoms. The highest BCUT2D eigenvalue weighted by atomic mass is 32.1. The van der Waals surface area contributed by atoms with Crippen LogP contribution in [0.5, 0.6) is 0 Å². The van der Waals surface area contributed by atoms with Crippen LogP contribution in [0.1, 0.15) is 0 Å². The number of para-hydroxylation sites is 1. The molecule has 0 unspecified atom stereocenters. The zero-order chi connectivity index (χ0) is 35.3. The van der Waals surface area contributed by atoms with Crippen LogP contribution in [0.25, 0.3) is 119 Å². The molecular formula is C52H30OS. The Hall–Kier alpha value is -6.74. The molecular weight excluding hydrogens is 673 g/mol. The number of hydrogen-bond acceptors (Lipinski definition) is 2. The lowest BCUT2D eigenvalue weighted by molar-refractivity contribution is 0.669. The van der Waals surface area contributed by atoms with Gasteiger partial charge in [-0.05, 0) is 95.2 Å². The molecule has 2 heterocycles. The van der Waals surface area contributed by atoms with Crippen molar-refractivity contribution >= 4 is 96.5 Å². The summed E-state index contributed by atoms with van der Waals surface area (Å²) in [7, 11) is 0. The first-order valence-electron chi connectivity index (χ1n) is 18.5. The molecule has 0 atom stereocenters. The van der Waals surface area contributed by atoms with Gasteiger partial charge in [0.05, 0.1) is 0 Å². The normalized spacial score (nSPS) is 12.1. The average Bonchev–Trinajstić information content (AvgIpc) is 3.80. The average molecular weight is 703 g/mol. The molecule has 0 aliphatic heterocycles. The summed E-state index contributed by atoms with van der Waals surface area (Å²) in [5.41, 5.74) is 9.47. The Morgan fingerprint density at radius 3 is 1.56 bits per heavy atom. The van der Waals surface area contributed by atoms with Crippen LogP contribution < -0.4 is 0 Å². The van der Waals surface area contributed by atoms with Crippen LogP contribution in [-0.4, -0.2) is 0 Å². The minimum Gasteiger partial charge on any atom is -0.456 e. The number of benzene rings is 10. The summed E-state index contributed by atoms with van der Waals surface area (Å²) in [6.07, 6.45) is 0. The van der Waals surface area contributed by atoms with Crippen molar-refractivity contribution < 1.29 is 4.42 Å². The van der Waals surface area contributed by atoms with Gasteiger partial charge in [0.1, 0.15) is 11.2 Å². The number of thiophene rings is 1. The Balaban J connectivity index is 1.19. The van der Waals surface area contributed by atoms with Crippen LogP contribution in [-0.2, 0) is 0 Å². The van der Waals surface area contributed by atoms with Gasteiger partial charge in [-0.1, -0.05) is 158 Å². The summed E-state index contributed by atoms with van der Waals surface area (Å²) >= 11 is 1.90. The van der Waals surface area contributed by atoms with Crippen molar-refractivity contribution in [2.75, 3.05) is 0 Å². The second-order valence-electron chi connectivity index (χ2n) is 14.3. The van der Waals surface area contributed by atoms with Crippen molar-refractivity contribution in [3.8, 4) is 33.4 Å². The molecule has 0 saturated heterocycles. The molecule has 0 amide bonds. The fourth-order valence-electron chi connectivity index (χ4n) is 9.22. The summed E-state index contributed by atoms with van der Waals surface area (Å²) in [6, 6.07) is 66.6. The van der Waals surface area contributed by atoms with Crippen LogP contribution in [0.4, 0.5) is 0 Å². The highest BCUT2D eigenvalue weighted by Gasteiger charge is 2.22. The summed E-state index contributed by atoms with van der Waals surface area (Å²) in [4.78, 5) is 0. The zero-order valence-corrected chi connectivity index (χ0v) is 30.0. The quantitative estimate of drug-likeness (QED) is 0.167. The van der Waals surface area contributed by atoms with Crippen LogP contribution >= 0.6 is 11.3 Å². The molecule has 0 spiro atoms. The molecule has 250 valence electrons. The lowest BCUT2D eigenvalue weighted by Gasteiger charge is -2.20. The predicted molar refractivity (Wildman–Crippen MR) is 233 cm³/mol. The minimum absolute atomic E-state index is 0.929. The highest BCUT2D eigenvalue weighted by Crippen LogP contribution is 2.51. The van der Waals surface area contributed by atoms with Crippen LogP contribution in [0.15, 0.2) is 186 Å². The van der Waals surface area contributed by atoms with E-state index in [0.717, 1.165) is 11.2 Å². The third-order valence-electron chi connectivity index (χ3n) is 11.4. The molecule has 2 aromatic heterocycles. The molecule has 10 aromatic carbocycles. The van der Waals surface area contributed by atoms with Crippen molar-refractivity contribution in [1.82, 2.24) is 0 Å². The van der Waals surface area contributed by atoms with Gasteiger partial charge in [0.2, 0.25) is 0 Å². The van der Waals surface area contributed by atoms with Crippen molar-refractivity contribution in [1.29, 1.82) is 0 Å². The second-order valence-corrected chi connectivity index (χ2v) is 15.3. The van der Waals surface area contributed by atoms with E-state index in [1.807, 2.05) is 11.3 Å². The number of rotatable bonds is 3. The van der Waals surface area contributed by atoms with Crippen LogP contribution in [0.3, 0.4) is 0 Å². The Labute approximate surface area is 314 Å². The van der Waals surface area contributed by atoms with Gasteiger partial charge >= 0.3 is 0 Å². The first kappa shape index (κ1) is 29.8. The molecule has 54 heavy (non-hydrogen) atoms. The first-order valence-corrected chi connectivity index (χ1v) is 19.3. The molecule has 12 rings (SSSR count). The number of furan rings is 1. The molecule has 0 aliphatic rings. The van der Waals surface area contributed by atoms with Crippen LogP contribution in [0.2, 0.25) is 0 Å².